The smallest absolute Gasteiger partial charge is 0.231 e. The molecule has 0 saturated heterocycles. The summed E-state index contributed by atoms with van der Waals surface area (Å²) in [5, 5.41) is 2.12. The summed E-state index contributed by atoms with van der Waals surface area (Å²) in [7, 11) is 4.02. The van der Waals surface area contributed by atoms with E-state index in [0.29, 0.717) is 13.0 Å². The van der Waals surface area contributed by atoms with Crippen LogP contribution in [0.15, 0.2) is 85.2 Å². The highest BCUT2D eigenvalue weighted by atomic mass is 127. The molecule has 0 radical (unpaired) electrons. The Labute approximate surface area is 196 Å². The molecule has 3 aromatic carbocycles. The van der Waals surface area contributed by atoms with Gasteiger partial charge in [0, 0.05) is 46.8 Å². The van der Waals surface area contributed by atoms with E-state index in [2.05, 4.69) is 56.7 Å². The van der Waals surface area contributed by atoms with E-state index in [1.807, 2.05) is 73.7 Å². The number of halogens is 1. The van der Waals surface area contributed by atoms with Crippen LogP contribution in [0.3, 0.4) is 0 Å². The number of benzene rings is 3. The van der Waals surface area contributed by atoms with Crippen molar-refractivity contribution in [2.24, 2.45) is 0 Å². The third-order valence-electron chi connectivity index (χ3n) is 5.30. The molecule has 156 valence electrons. The molecule has 1 aromatic heterocycles. The minimum Gasteiger partial charge on any atom is -0.378 e. The number of hydrogen-bond acceptors (Lipinski definition) is 3. The molecular formula is C26H24IN3O. The molecule has 0 spiro atoms. The summed E-state index contributed by atoms with van der Waals surface area (Å²) in [6.45, 7) is 0.523. The molecule has 0 aliphatic rings. The second kappa shape index (κ2) is 9.47. The first-order chi connectivity index (χ1) is 15.0. The van der Waals surface area contributed by atoms with Gasteiger partial charge in [-0.15, -0.1) is 0 Å². The van der Waals surface area contributed by atoms with Crippen LogP contribution in [0.5, 0.6) is 0 Å². The van der Waals surface area contributed by atoms with Gasteiger partial charge >= 0.3 is 0 Å². The molecule has 1 amide bonds. The monoisotopic (exact) mass is 521 g/mol. The first kappa shape index (κ1) is 21.3. The van der Waals surface area contributed by atoms with Crippen LogP contribution in [0.2, 0.25) is 0 Å². The topological polar surface area (TPSA) is 36.4 Å². The van der Waals surface area contributed by atoms with E-state index in [0.717, 1.165) is 36.8 Å². The van der Waals surface area contributed by atoms with Crippen molar-refractivity contribution in [1.82, 2.24) is 4.98 Å². The second-order valence-electron chi connectivity index (χ2n) is 7.72. The Morgan fingerprint density at radius 1 is 0.903 bits per heavy atom. The molecule has 0 atom stereocenters. The SMILES string of the molecule is CN(C)c1ccc(N(Cc2cccc(I)c2)C(=O)Cc2cncc3ccccc23)cc1. The Morgan fingerprint density at radius 2 is 1.65 bits per heavy atom. The lowest BCUT2D eigenvalue weighted by atomic mass is 10.0. The van der Waals surface area contributed by atoms with E-state index >= 15 is 0 Å². The molecule has 0 unspecified atom stereocenters. The molecule has 4 aromatic rings. The fourth-order valence-electron chi connectivity index (χ4n) is 3.65. The van der Waals surface area contributed by atoms with Gasteiger partial charge in [-0.2, -0.15) is 0 Å². The number of carbonyl (C=O) groups excluding carboxylic acids is 1. The van der Waals surface area contributed by atoms with Crippen molar-refractivity contribution in [2.45, 2.75) is 13.0 Å². The van der Waals surface area contributed by atoms with E-state index in [-0.39, 0.29) is 5.91 Å². The summed E-state index contributed by atoms with van der Waals surface area (Å²) in [6.07, 6.45) is 3.94. The molecule has 5 heteroatoms. The van der Waals surface area contributed by atoms with Gasteiger partial charge in [0.2, 0.25) is 5.91 Å². The summed E-state index contributed by atoms with van der Waals surface area (Å²) in [6, 6.07) is 24.5. The maximum Gasteiger partial charge on any atom is 0.231 e. The highest BCUT2D eigenvalue weighted by Gasteiger charge is 2.18. The second-order valence-corrected chi connectivity index (χ2v) is 8.96. The summed E-state index contributed by atoms with van der Waals surface area (Å²) in [5.74, 6) is 0.0506. The molecule has 0 fully saturated rings. The number of pyridine rings is 1. The van der Waals surface area contributed by atoms with Crippen molar-refractivity contribution in [2.75, 3.05) is 23.9 Å². The van der Waals surface area contributed by atoms with E-state index < -0.39 is 0 Å². The number of nitrogens with zero attached hydrogens (tertiary/aromatic N) is 3. The summed E-state index contributed by atoms with van der Waals surface area (Å²) < 4.78 is 1.16. The number of carbonyl (C=O) groups is 1. The van der Waals surface area contributed by atoms with Crippen LogP contribution in [0.4, 0.5) is 11.4 Å². The van der Waals surface area contributed by atoms with Crippen LogP contribution in [0, 0.1) is 3.57 Å². The molecule has 1 heterocycles. The predicted molar refractivity (Wildman–Crippen MR) is 137 cm³/mol. The first-order valence-electron chi connectivity index (χ1n) is 10.1. The third-order valence-corrected chi connectivity index (χ3v) is 5.97. The van der Waals surface area contributed by atoms with Crippen molar-refractivity contribution < 1.29 is 4.79 Å². The Balaban J connectivity index is 1.67. The fraction of sp³-hybridized carbons (Fsp3) is 0.154. The first-order valence-corrected chi connectivity index (χ1v) is 11.2. The van der Waals surface area contributed by atoms with Crippen LogP contribution < -0.4 is 9.80 Å². The molecule has 0 N–H and O–H groups in total. The third kappa shape index (κ3) is 5.05. The molecular weight excluding hydrogens is 497 g/mol. The van der Waals surface area contributed by atoms with Crippen LogP contribution >= 0.6 is 22.6 Å². The van der Waals surface area contributed by atoms with Gasteiger partial charge in [0.1, 0.15) is 0 Å². The van der Waals surface area contributed by atoms with Gasteiger partial charge in [-0.25, -0.2) is 0 Å². The number of fused-ring (bicyclic) bond motifs is 1. The number of hydrogen-bond donors (Lipinski definition) is 0. The summed E-state index contributed by atoms with van der Waals surface area (Å²) in [5.41, 5.74) is 4.04. The van der Waals surface area contributed by atoms with Gasteiger partial charge in [0.25, 0.3) is 0 Å². The summed E-state index contributed by atoms with van der Waals surface area (Å²) in [4.78, 5) is 21.8. The van der Waals surface area contributed by atoms with Gasteiger partial charge in [0.05, 0.1) is 13.0 Å². The zero-order valence-corrected chi connectivity index (χ0v) is 19.8. The largest absolute Gasteiger partial charge is 0.378 e. The van der Waals surface area contributed by atoms with E-state index in [1.165, 1.54) is 0 Å². The van der Waals surface area contributed by atoms with E-state index in [1.54, 1.807) is 6.20 Å². The van der Waals surface area contributed by atoms with Gasteiger partial charge in [-0.3, -0.25) is 9.78 Å². The highest BCUT2D eigenvalue weighted by Crippen LogP contribution is 2.24. The Morgan fingerprint density at radius 3 is 2.39 bits per heavy atom. The van der Waals surface area contributed by atoms with Gasteiger partial charge in [0.15, 0.2) is 0 Å². The Kier molecular flexibility index (Phi) is 6.51. The predicted octanol–water partition coefficient (Wildman–Crippen LogP) is 5.68. The van der Waals surface area contributed by atoms with E-state index in [9.17, 15) is 4.79 Å². The van der Waals surface area contributed by atoms with Crippen molar-refractivity contribution >= 4 is 50.6 Å². The maximum absolute atomic E-state index is 13.6. The molecule has 4 rings (SSSR count). The minimum absolute atomic E-state index is 0.0506. The molecule has 0 aliphatic carbocycles. The van der Waals surface area contributed by atoms with Crippen molar-refractivity contribution in [1.29, 1.82) is 0 Å². The lowest BCUT2D eigenvalue weighted by Crippen LogP contribution is -2.32. The van der Waals surface area contributed by atoms with Gasteiger partial charge < -0.3 is 9.80 Å². The van der Waals surface area contributed by atoms with Crippen LogP contribution in [0.1, 0.15) is 11.1 Å². The van der Waals surface area contributed by atoms with Crippen molar-refractivity contribution in [3.63, 3.8) is 0 Å². The summed E-state index contributed by atoms with van der Waals surface area (Å²) >= 11 is 2.31. The average molecular weight is 521 g/mol. The Hall–Kier alpha value is -2.93. The average Bonchev–Trinajstić information content (AvgIpc) is 2.78. The number of aromatic nitrogens is 1. The van der Waals surface area contributed by atoms with Crippen LogP contribution in [-0.4, -0.2) is 25.0 Å². The molecule has 0 saturated carbocycles. The molecule has 4 nitrogen and oxygen atoms in total. The maximum atomic E-state index is 13.6. The molecule has 0 bridgehead atoms. The zero-order valence-electron chi connectivity index (χ0n) is 17.6. The lowest BCUT2D eigenvalue weighted by molar-refractivity contribution is -0.118. The van der Waals surface area contributed by atoms with Crippen LogP contribution in [0.25, 0.3) is 10.8 Å². The fourth-order valence-corrected chi connectivity index (χ4v) is 4.26. The number of rotatable bonds is 6. The van der Waals surface area contributed by atoms with Crippen molar-refractivity contribution in [3.05, 3.63) is 99.9 Å². The van der Waals surface area contributed by atoms with E-state index in [4.69, 9.17) is 0 Å². The van der Waals surface area contributed by atoms with Crippen LogP contribution in [-0.2, 0) is 17.8 Å². The zero-order chi connectivity index (χ0) is 21.8. The standard InChI is InChI=1S/C26H24IN3O/c1-29(2)23-10-12-24(13-11-23)30(18-19-6-5-8-22(27)14-19)26(31)15-21-17-28-16-20-7-3-4-9-25(20)21/h3-14,16-17H,15,18H2,1-2H3. The normalized spacial score (nSPS) is 10.8. The molecule has 0 aliphatic heterocycles. The number of amides is 1. The van der Waals surface area contributed by atoms with Gasteiger partial charge in [-0.05, 0) is 75.5 Å². The number of anilines is 2. The molecule has 31 heavy (non-hydrogen) atoms. The van der Waals surface area contributed by atoms with Gasteiger partial charge in [-0.1, -0.05) is 36.4 Å². The minimum atomic E-state index is 0.0506. The Bertz CT molecular complexity index is 1200. The lowest BCUT2D eigenvalue weighted by Gasteiger charge is -2.24. The quantitative estimate of drug-likeness (QED) is 0.307. The highest BCUT2D eigenvalue weighted by molar-refractivity contribution is 14.1. The van der Waals surface area contributed by atoms with Crippen molar-refractivity contribution in [3.8, 4) is 0 Å².